The maximum Gasteiger partial charge on any atom is 0.119 e. The minimum atomic E-state index is -1.03. The Bertz CT molecular complexity index is 480. The second kappa shape index (κ2) is 5.63. The topological polar surface area (TPSA) is 38.3 Å². The van der Waals surface area contributed by atoms with E-state index in [4.69, 9.17) is 4.74 Å². The zero-order valence-corrected chi connectivity index (χ0v) is 13.0. The molecule has 0 saturated carbocycles. The van der Waals surface area contributed by atoms with E-state index in [1.807, 2.05) is 26.8 Å². The van der Waals surface area contributed by atoms with Crippen LogP contribution in [-0.4, -0.2) is 16.1 Å². The van der Waals surface area contributed by atoms with E-state index in [0.717, 1.165) is 25.0 Å². The summed E-state index contributed by atoms with van der Waals surface area (Å²) in [4.78, 5) is 0. The molecule has 1 aliphatic rings. The Kier molecular flexibility index (Phi) is 4.31. The molecule has 0 radical (unpaired) electrons. The maximum absolute atomic E-state index is 12.2. The SMILES string of the molecule is COc1ccc2c(c1)CCC[C@@H]2N[S@](=O)C(C)(C)C. The van der Waals surface area contributed by atoms with E-state index < -0.39 is 11.0 Å². The van der Waals surface area contributed by atoms with Crippen LogP contribution in [0.15, 0.2) is 18.2 Å². The van der Waals surface area contributed by atoms with E-state index in [2.05, 4.69) is 16.9 Å². The molecule has 0 unspecified atom stereocenters. The van der Waals surface area contributed by atoms with Crippen molar-refractivity contribution in [1.29, 1.82) is 0 Å². The fourth-order valence-corrected chi connectivity index (χ4v) is 3.20. The van der Waals surface area contributed by atoms with E-state index in [1.165, 1.54) is 11.1 Å². The van der Waals surface area contributed by atoms with Crippen molar-refractivity contribution in [2.45, 2.75) is 50.8 Å². The maximum atomic E-state index is 12.2. The zero-order valence-electron chi connectivity index (χ0n) is 12.2. The van der Waals surface area contributed by atoms with Crippen LogP contribution in [0.5, 0.6) is 5.75 Å². The third-order valence-electron chi connectivity index (χ3n) is 3.47. The molecule has 3 nitrogen and oxygen atoms in total. The molecule has 0 heterocycles. The first kappa shape index (κ1) is 14.5. The Morgan fingerprint density at radius 1 is 1.37 bits per heavy atom. The normalized spacial score (nSPS) is 20.7. The molecule has 0 amide bonds. The fraction of sp³-hybridized carbons (Fsp3) is 0.600. The molecule has 1 N–H and O–H groups in total. The van der Waals surface area contributed by atoms with Crippen molar-refractivity contribution in [3.63, 3.8) is 0 Å². The minimum Gasteiger partial charge on any atom is -0.497 e. The number of fused-ring (bicyclic) bond motifs is 1. The Balaban J connectivity index is 2.21. The molecule has 0 spiro atoms. The molecule has 0 fully saturated rings. The summed E-state index contributed by atoms with van der Waals surface area (Å²) in [5.41, 5.74) is 2.58. The summed E-state index contributed by atoms with van der Waals surface area (Å²) >= 11 is 0. The molecular formula is C15H23NO2S. The predicted molar refractivity (Wildman–Crippen MR) is 79.7 cm³/mol. The number of methoxy groups -OCH3 is 1. The van der Waals surface area contributed by atoms with Gasteiger partial charge in [-0.05, 0) is 63.3 Å². The average Bonchev–Trinajstić information content (AvgIpc) is 2.37. The van der Waals surface area contributed by atoms with Crippen LogP contribution in [0.25, 0.3) is 0 Å². The summed E-state index contributed by atoms with van der Waals surface area (Å²) in [6.45, 7) is 5.98. The van der Waals surface area contributed by atoms with Crippen LogP contribution in [0.2, 0.25) is 0 Å². The third kappa shape index (κ3) is 3.37. The van der Waals surface area contributed by atoms with Crippen LogP contribution in [0.4, 0.5) is 0 Å². The summed E-state index contributed by atoms with van der Waals surface area (Å²) in [7, 11) is 0.659. The molecule has 0 saturated heterocycles. The first-order valence-corrected chi connectivity index (χ1v) is 7.91. The molecule has 0 aliphatic heterocycles. The molecule has 1 aromatic carbocycles. The zero-order chi connectivity index (χ0) is 14.0. The van der Waals surface area contributed by atoms with Crippen molar-refractivity contribution >= 4 is 11.0 Å². The summed E-state index contributed by atoms with van der Waals surface area (Å²) in [6, 6.07) is 6.38. The van der Waals surface area contributed by atoms with Gasteiger partial charge in [-0.2, -0.15) is 0 Å². The number of aryl methyl sites for hydroxylation is 1. The van der Waals surface area contributed by atoms with Gasteiger partial charge in [0.25, 0.3) is 0 Å². The number of nitrogens with one attached hydrogen (secondary N) is 1. The van der Waals surface area contributed by atoms with Gasteiger partial charge in [0.1, 0.15) is 5.75 Å². The van der Waals surface area contributed by atoms with Gasteiger partial charge >= 0.3 is 0 Å². The first-order chi connectivity index (χ1) is 8.91. The highest BCUT2D eigenvalue weighted by molar-refractivity contribution is 7.84. The number of hydrogen-bond acceptors (Lipinski definition) is 2. The molecule has 0 bridgehead atoms. The van der Waals surface area contributed by atoms with Crippen LogP contribution in [0, 0.1) is 0 Å². The van der Waals surface area contributed by atoms with Gasteiger partial charge in [-0.25, -0.2) is 8.93 Å². The van der Waals surface area contributed by atoms with Gasteiger partial charge in [0, 0.05) is 6.04 Å². The minimum absolute atomic E-state index is 0.190. The predicted octanol–water partition coefficient (Wildman–Crippen LogP) is 3.12. The third-order valence-corrected chi connectivity index (χ3v) is 5.08. The molecule has 106 valence electrons. The lowest BCUT2D eigenvalue weighted by atomic mass is 9.88. The van der Waals surface area contributed by atoms with Crippen LogP contribution >= 0.6 is 0 Å². The number of hydrogen-bond donors (Lipinski definition) is 1. The van der Waals surface area contributed by atoms with Crippen LogP contribution in [0.1, 0.15) is 50.8 Å². The number of benzene rings is 1. The molecule has 4 heteroatoms. The van der Waals surface area contributed by atoms with Crippen molar-refractivity contribution in [1.82, 2.24) is 4.72 Å². The second-order valence-corrected chi connectivity index (χ2v) is 8.01. The molecule has 19 heavy (non-hydrogen) atoms. The van der Waals surface area contributed by atoms with Crippen molar-refractivity contribution in [3.8, 4) is 5.75 Å². The lowest BCUT2D eigenvalue weighted by Gasteiger charge is -2.29. The van der Waals surface area contributed by atoms with E-state index >= 15 is 0 Å². The molecule has 2 rings (SSSR count). The average molecular weight is 281 g/mol. The highest BCUT2D eigenvalue weighted by atomic mass is 32.2. The van der Waals surface area contributed by atoms with Crippen LogP contribution in [0.3, 0.4) is 0 Å². The first-order valence-electron chi connectivity index (χ1n) is 6.76. The van der Waals surface area contributed by atoms with Crippen molar-refractivity contribution in [3.05, 3.63) is 29.3 Å². The highest BCUT2D eigenvalue weighted by Gasteiger charge is 2.26. The van der Waals surface area contributed by atoms with Gasteiger partial charge in [0.15, 0.2) is 0 Å². The molecular weight excluding hydrogens is 258 g/mol. The van der Waals surface area contributed by atoms with Crippen LogP contribution in [-0.2, 0) is 17.4 Å². The Morgan fingerprint density at radius 2 is 2.11 bits per heavy atom. The van der Waals surface area contributed by atoms with E-state index in [1.54, 1.807) is 7.11 Å². The van der Waals surface area contributed by atoms with Crippen LogP contribution < -0.4 is 9.46 Å². The highest BCUT2D eigenvalue weighted by Crippen LogP contribution is 2.33. The molecule has 2 atom stereocenters. The summed E-state index contributed by atoms with van der Waals surface area (Å²) < 4.78 is 20.6. The standard InChI is InChI=1S/C15H23NO2S/c1-15(2,3)19(17)16-14-7-5-6-11-10-12(18-4)8-9-13(11)14/h8-10,14,16H,5-7H2,1-4H3/t14-,19+/m0/s1. The molecule has 1 aliphatic carbocycles. The lowest BCUT2D eigenvalue weighted by molar-refractivity contribution is 0.412. The van der Waals surface area contributed by atoms with Gasteiger partial charge in [-0.3, -0.25) is 0 Å². The summed E-state index contributed by atoms with van der Waals surface area (Å²) in [5, 5.41) is 0. The Hall–Kier alpha value is -0.870. The van der Waals surface area contributed by atoms with E-state index in [0.29, 0.717) is 0 Å². The Morgan fingerprint density at radius 3 is 2.74 bits per heavy atom. The Labute approximate surface area is 118 Å². The van der Waals surface area contributed by atoms with Crippen molar-refractivity contribution in [2.24, 2.45) is 0 Å². The largest absolute Gasteiger partial charge is 0.497 e. The lowest BCUT2D eigenvalue weighted by Crippen LogP contribution is -2.36. The number of ether oxygens (including phenoxy) is 1. The van der Waals surface area contributed by atoms with E-state index in [9.17, 15) is 4.21 Å². The van der Waals surface area contributed by atoms with Gasteiger partial charge < -0.3 is 4.74 Å². The van der Waals surface area contributed by atoms with Gasteiger partial charge in [-0.1, -0.05) is 6.07 Å². The smallest absolute Gasteiger partial charge is 0.119 e. The van der Waals surface area contributed by atoms with Gasteiger partial charge in [-0.15, -0.1) is 0 Å². The van der Waals surface area contributed by atoms with Gasteiger partial charge in [0.2, 0.25) is 0 Å². The quantitative estimate of drug-likeness (QED) is 0.924. The summed E-state index contributed by atoms with van der Waals surface area (Å²) in [6.07, 6.45) is 3.24. The summed E-state index contributed by atoms with van der Waals surface area (Å²) in [5.74, 6) is 0.899. The second-order valence-electron chi connectivity index (χ2n) is 6.01. The molecule has 0 aromatic heterocycles. The monoisotopic (exact) mass is 281 g/mol. The molecule has 1 aromatic rings. The fourth-order valence-electron chi connectivity index (χ4n) is 2.35. The van der Waals surface area contributed by atoms with Crippen molar-refractivity contribution < 1.29 is 8.95 Å². The van der Waals surface area contributed by atoms with Crippen molar-refractivity contribution in [2.75, 3.05) is 7.11 Å². The number of rotatable bonds is 3. The van der Waals surface area contributed by atoms with Gasteiger partial charge in [0.05, 0.1) is 22.8 Å². The van der Waals surface area contributed by atoms with E-state index in [-0.39, 0.29) is 10.8 Å².